The summed E-state index contributed by atoms with van der Waals surface area (Å²) >= 11 is 7.25. The number of thiophene rings is 1. The van der Waals surface area contributed by atoms with Gasteiger partial charge >= 0.3 is 0 Å². The number of aryl methyl sites for hydroxylation is 2. The fourth-order valence-electron chi connectivity index (χ4n) is 1.19. The van der Waals surface area contributed by atoms with Crippen molar-refractivity contribution in [2.24, 2.45) is 0 Å². The fourth-order valence-corrected chi connectivity index (χ4v) is 2.42. The van der Waals surface area contributed by atoms with E-state index in [9.17, 15) is 4.79 Å². The van der Waals surface area contributed by atoms with Crippen LogP contribution in [0.15, 0.2) is 6.07 Å². The third kappa shape index (κ3) is 3.21. The van der Waals surface area contributed by atoms with Gasteiger partial charge in [-0.3, -0.25) is 4.79 Å². The molecule has 1 N–H and O–H groups in total. The van der Waals surface area contributed by atoms with Crippen molar-refractivity contribution >= 4 is 28.8 Å². The first-order valence-corrected chi connectivity index (χ1v) is 6.37. The molecule has 0 aliphatic carbocycles. The topological polar surface area (TPSA) is 29.1 Å². The van der Waals surface area contributed by atoms with Crippen molar-refractivity contribution in [2.45, 2.75) is 33.2 Å². The van der Waals surface area contributed by atoms with Gasteiger partial charge in [0.25, 0.3) is 5.91 Å². The molecule has 1 atom stereocenters. The van der Waals surface area contributed by atoms with Crippen LogP contribution in [0.3, 0.4) is 0 Å². The van der Waals surface area contributed by atoms with E-state index < -0.39 is 0 Å². The summed E-state index contributed by atoms with van der Waals surface area (Å²) in [7, 11) is 0. The van der Waals surface area contributed by atoms with Crippen LogP contribution in [0.25, 0.3) is 0 Å². The van der Waals surface area contributed by atoms with Gasteiger partial charge in [0, 0.05) is 16.8 Å². The van der Waals surface area contributed by atoms with Gasteiger partial charge in [-0.15, -0.1) is 22.9 Å². The van der Waals surface area contributed by atoms with Crippen LogP contribution in [0.1, 0.15) is 33.5 Å². The Morgan fingerprint density at radius 2 is 2.27 bits per heavy atom. The first-order valence-electron chi connectivity index (χ1n) is 5.02. The highest BCUT2D eigenvalue weighted by Crippen LogP contribution is 2.20. The standard InChI is InChI=1S/C11H16ClNOS/c1-4-9(6-12)13-11(14)10-5-7(2)8(3)15-10/h5,9H,4,6H2,1-3H3,(H,13,14). The summed E-state index contributed by atoms with van der Waals surface area (Å²) in [6.45, 7) is 6.05. The Morgan fingerprint density at radius 1 is 1.60 bits per heavy atom. The Morgan fingerprint density at radius 3 is 2.67 bits per heavy atom. The van der Waals surface area contributed by atoms with E-state index in [1.54, 1.807) is 0 Å². The smallest absolute Gasteiger partial charge is 0.261 e. The number of hydrogen-bond acceptors (Lipinski definition) is 2. The average molecular weight is 246 g/mol. The number of amides is 1. The van der Waals surface area contributed by atoms with E-state index in [2.05, 4.69) is 5.32 Å². The lowest BCUT2D eigenvalue weighted by Crippen LogP contribution is -2.35. The molecule has 0 saturated carbocycles. The molecule has 0 saturated heterocycles. The van der Waals surface area contributed by atoms with E-state index >= 15 is 0 Å². The van der Waals surface area contributed by atoms with E-state index in [-0.39, 0.29) is 11.9 Å². The van der Waals surface area contributed by atoms with Crippen LogP contribution in [0.5, 0.6) is 0 Å². The Labute approximate surface area is 99.6 Å². The van der Waals surface area contributed by atoms with Gasteiger partial charge in [-0.1, -0.05) is 6.92 Å². The Hall–Kier alpha value is -0.540. The van der Waals surface area contributed by atoms with Gasteiger partial charge in [-0.25, -0.2) is 0 Å². The fraction of sp³-hybridized carbons (Fsp3) is 0.545. The zero-order chi connectivity index (χ0) is 11.4. The molecule has 0 aromatic carbocycles. The van der Waals surface area contributed by atoms with Crippen LogP contribution in [0.4, 0.5) is 0 Å². The molecule has 1 heterocycles. The predicted octanol–water partition coefficient (Wildman–Crippen LogP) is 3.11. The average Bonchev–Trinajstić information content (AvgIpc) is 2.55. The minimum Gasteiger partial charge on any atom is -0.347 e. The van der Waals surface area contributed by atoms with Gasteiger partial charge in [0.2, 0.25) is 0 Å². The third-order valence-electron chi connectivity index (χ3n) is 2.40. The van der Waals surface area contributed by atoms with Crippen LogP contribution in [-0.4, -0.2) is 17.8 Å². The minimum atomic E-state index is -0.0105. The summed E-state index contributed by atoms with van der Waals surface area (Å²) in [4.78, 5) is 13.7. The number of alkyl halides is 1. The van der Waals surface area contributed by atoms with Gasteiger partial charge in [-0.05, 0) is 31.9 Å². The van der Waals surface area contributed by atoms with Crippen LogP contribution in [0, 0.1) is 13.8 Å². The maximum absolute atomic E-state index is 11.8. The van der Waals surface area contributed by atoms with E-state index in [0.717, 1.165) is 11.3 Å². The summed E-state index contributed by atoms with van der Waals surface area (Å²) < 4.78 is 0. The second-order valence-corrected chi connectivity index (χ2v) is 5.15. The number of nitrogens with one attached hydrogen (secondary N) is 1. The number of carbonyl (C=O) groups excluding carboxylic acids is 1. The normalized spacial score (nSPS) is 12.5. The van der Waals surface area contributed by atoms with Crippen LogP contribution in [0.2, 0.25) is 0 Å². The maximum Gasteiger partial charge on any atom is 0.261 e. The lowest BCUT2D eigenvalue weighted by molar-refractivity contribution is 0.0944. The maximum atomic E-state index is 11.8. The molecule has 1 aromatic heterocycles. The van der Waals surface area contributed by atoms with Crippen LogP contribution < -0.4 is 5.32 Å². The van der Waals surface area contributed by atoms with E-state index in [1.165, 1.54) is 21.8 Å². The minimum absolute atomic E-state index is 0.0105. The van der Waals surface area contributed by atoms with Crippen molar-refractivity contribution in [2.75, 3.05) is 5.88 Å². The molecule has 1 aromatic rings. The van der Waals surface area contributed by atoms with Gasteiger partial charge in [0.15, 0.2) is 0 Å². The zero-order valence-corrected chi connectivity index (χ0v) is 10.8. The highest BCUT2D eigenvalue weighted by Gasteiger charge is 2.13. The van der Waals surface area contributed by atoms with Crippen LogP contribution in [-0.2, 0) is 0 Å². The highest BCUT2D eigenvalue weighted by atomic mass is 35.5. The molecule has 15 heavy (non-hydrogen) atoms. The Bertz CT molecular complexity index is 325. The van der Waals surface area contributed by atoms with Crippen molar-refractivity contribution in [1.82, 2.24) is 5.32 Å². The molecule has 1 amide bonds. The predicted molar refractivity (Wildman–Crippen MR) is 66.1 cm³/mol. The second-order valence-electron chi connectivity index (χ2n) is 3.58. The number of carbonyl (C=O) groups is 1. The Balaban J connectivity index is 2.68. The molecular weight excluding hydrogens is 230 g/mol. The lowest BCUT2D eigenvalue weighted by atomic mass is 10.2. The van der Waals surface area contributed by atoms with Crippen molar-refractivity contribution in [3.8, 4) is 0 Å². The second kappa shape index (κ2) is 5.52. The van der Waals surface area contributed by atoms with Crippen molar-refractivity contribution in [1.29, 1.82) is 0 Å². The summed E-state index contributed by atoms with van der Waals surface area (Å²) in [5.74, 6) is 0.453. The van der Waals surface area contributed by atoms with Gasteiger partial charge in [0.05, 0.1) is 4.88 Å². The van der Waals surface area contributed by atoms with Crippen molar-refractivity contribution in [3.63, 3.8) is 0 Å². The number of halogens is 1. The van der Waals surface area contributed by atoms with Gasteiger partial charge < -0.3 is 5.32 Å². The molecule has 1 rings (SSSR count). The molecule has 4 heteroatoms. The molecular formula is C11H16ClNOS. The molecule has 84 valence electrons. The van der Waals surface area contributed by atoms with Crippen LogP contribution >= 0.6 is 22.9 Å². The SMILES string of the molecule is CCC(CCl)NC(=O)c1cc(C)c(C)s1. The molecule has 1 unspecified atom stereocenters. The first kappa shape index (κ1) is 12.5. The van der Waals surface area contributed by atoms with Gasteiger partial charge in [0.1, 0.15) is 0 Å². The summed E-state index contributed by atoms with van der Waals surface area (Å²) in [6.07, 6.45) is 0.860. The largest absolute Gasteiger partial charge is 0.347 e. The van der Waals surface area contributed by atoms with E-state index in [1.807, 2.05) is 26.8 Å². The Kier molecular flexibility index (Phi) is 4.61. The molecule has 0 aliphatic rings. The molecule has 0 bridgehead atoms. The number of hydrogen-bond donors (Lipinski definition) is 1. The third-order valence-corrected chi connectivity index (χ3v) is 3.93. The van der Waals surface area contributed by atoms with Gasteiger partial charge in [-0.2, -0.15) is 0 Å². The van der Waals surface area contributed by atoms with Crippen molar-refractivity contribution < 1.29 is 4.79 Å². The first-order chi connectivity index (χ1) is 7.08. The number of rotatable bonds is 4. The zero-order valence-electron chi connectivity index (χ0n) is 9.26. The summed E-state index contributed by atoms with van der Waals surface area (Å²) in [6, 6.07) is 2.00. The monoisotopic (exact) mass is 245 g/mol. The van der Waals surface area contributed by atoms with E-state index in [0.29, 0.717) is 5.88 Å². The molecule has 0 aliphatic heterocycles. The molecule has 0 radical (unpaired) electrons. The molecule has 0 spiro atoms. The molecule has 0 fully saturated rings. The van der Waals surface area contributed by atoms with Crippen molar-refractivity contribution in [3.05, 3.63) is 21.4 Å². The lowest BCUT2D eigenvalue weighted by Gasteiger charge is -2.12. The summed E-state index contributed by atoms with van der Waals surface area (Å²) in [5, 5.41) is 2.91. The summed E-state index contributed by atoms with van der Waals surface area (Å²) in [5.41, 5.74) is 1.17. The highest BCUT2D eigenvalue weighted by molar-refractivity contribution is 7.14. The quantitative estimate of drug-likeness (QED) is 0.812. The van der Waals surface area contributed by atoms with E-state index in [4.69, 9.17) is 11.6 Å². The molecule has 2 nitrogen and oxygen atoms in total.